The van der Waals surface area contributed by atoms with Crippen molar-refractivity contribution >= 4 is 5.82 Å². The molecule has 2 heteroatoms. The summed E-state index contributed by atoms with van der Waals surface area (Å²) in [5.74, 6) is 1.01. The van der Waals surface area contributed by atoms with Crippen LogP contribution in [0.15, 0.2) is 18.2 Å². The van der Waals surface area contributed by atoms with Crippen LogP contribution >= 0.6 is 0 Å². The zero-order chi connectivity index (χ0) is 10.2. The predicted octanol–water partition coefficient (Wildman–Crippen LogP) is 2.99. The fourth-order valence-electron chi connectivity index (χ4n) is 1.65. The molecule has 0 amide bonds. The number of hydrogen-bond donors (Lipinski definition) is 1. The topological polar surface area (TPSA) is 24.9 Å². The molecule has 1 N–H and O–H groups in total. The van der Waals surface area contributed by atoms with Gasteiger partial charge in [-0.2, -0.15) is 0 Å². The van der Waals surface area contributed by atoms with E-state index in [-0.39, 0.29) is 0 Å². The molecule has 1 saturated carbocycles. The van der Waals surface area contributed by atoms with Gasteiger partial charge < -0.3 is 5.32 Å². The molecule has 2 rings (SSSR count). The smallest absolute Gasteiger partial charge is 0.126 e. The van der Waals surface area contributed by atoms with Gasteiger partial charge in [-0.1, -0.05) is 13.0 Å². The highest BCUT2D eigenvalue weighted by atomic mass is 15.0. The van der Waals surface area contributed by atoms with E-state index in [0.29, 0.717) is 11.5 Å². The van der Waals surface area contributed by atoms with Crippen molar-refractivity contribution in [2.24, 2.45) is 5.41 Å². The Morgan fingerprint density at radius 2 is 2.14 bits per heavy atom. The van der Waals surface area contributed by atoms with Gasteiger partial charge in [0, 0.05) is 11.7 Å². The molecule has 0 aliphatic heterocycles. The molecule has 0 saturated heterocycles. The first-order valence-electron chi connectivity index (χ1n) is 5.30. The first-order chi connectivity index (χ1) is 6.60. The summed E-state index contributed by atoms with van der Waals surface area (Å²) in [6.45, 7) is 6.60. The van der Waals surface area contributed by atoms with Crippen LogP contribution in [0.25, 0.3) is 0 Å². The number of pyridine rings is 1. The van der Waals surface area contributed by atoms with Crippen LogP contribution in [0.1, 0.15) is 32.4 Å². The Balaban J connectivity index is 2.03. The summed E-state index contributed by atoms with van der Waals surface area (Å²) in [5.41, 5.74) is 1.58. The maximum Gasteiger partial charge on any atom is 0.126 e. The summed E-state index contributed by atoms with van der Waals surface area (Å²) in [6, 6.07) is 6.63. The Hall–Kier alpha value is -1.05. The molecule has 0 bridgehead atoms. The maximum absolute atomic E-state index is 4.44. The normalized spacial score (nSPS) is 20.2. The molecule has 1 heterocycles. The number of nitrogens with zero attached hydrogens (tertiary/aromatic N) is 1. The highest BCUT2D eigenvalue weighted by Gasteiger charge is 2.42. The van der Waals surface area contributed by atoms with Crippen LogP contribution < -0.4 is 5.32 Å². The van der Waals surface area contributed by atoms with Crippen LogP contribution in [0, 0.1) is 12.3 Å². The molecule has 14 heavy (non-hydrogen) atoms. The number of aromatic nitrogens is 1. The zero-order valence-electron chi connectivity index (χ0n) is 9.17. The molecule has 1 aliphatic rings. The summed E-state index contributed by atoms with van der Waals surface area (Å²) < 4.78 is 0. The summed E-state index contributed by atoms with van der Waals surface area (Å²) in [7, 11) is 0. The van der Waals surface area contributed by atoms with E-state index in [0.717, 1.165) is 11.5 Å². The van der Waals surface area contributed by atoms with Gasteiger partial charge in [-0.15, -0.1) is 0 Å². The van der Waals surface area contributed by atoms with Crippen molar-refractivity contribution in [1.29, 1.82) is 0 Å². The maximum atomic E-state index is 4.44. The second kappa shape index (κ2) is 3.26. The Kier molecular flexibility index (Phi) is 2.22. The van der Waals surface area contributed by atoms with Gasteiger partial charge in [0.1, 0.15) is 5.82 Å². The average Bonchev–Trinajstić information content (AvgIpc) is 2.85. The van der Waals surface area contributed by atoms with Gasteiger partial charge in [0.25, 0.3) is 0 Å². The molecule has 1 aromatic heterocycles. The lowest BCUT2D eigenvalue weighted by atomic mass is 10.0. The Morgan fingerprint density at radius 1 is 1.43 bits per heavy atom. The van der Waals surface area contributed by atoms with E-state index < -0.39 is 0 Å². The van der Waals surface area contributed by atoms with Crippen molar-refractivity contribution < 1.29 is 0 Å². The lowest BCUT2D eigenvalue weighted by Crippen LogP contribution is -2.25. The molecule has 1 atom stereocenters. The van der Waals surface area contributed by atoms with Crippen LogP contribution in [0.4, 0.5) is 5.82 Å². The highest BCUT2D eigenvalue weighted by molar-refractivity contribution is 5.37. The molecule has 1 unspecified atom stereocenters. The summed E-state index contributed by atoms with van der Waals surface area (Å²) in [6.07, 6.45) is 2.68. The van der Waals surface area contributed by atoms with Gasteiger partial charge in [0.15, 0.2) is 0 Å². The molecule has 1 aromatic rings. The van der Waals surface area contributed by atoms with E-state index >= 15 is 0 Å². The van der Waals surface area contributed by atoms with Gasteiger partial charge in [0.05, 0.1) is 0 Å². The molecule has 0 radical (unpaired) electrons. The van der Waals surface area contributed by atoms with Crippen molar-refractivity contribution in [3.05, 3.63) is 23.9 Å². The van der Waals surface area contributed by atoms with Crippen molar-refractivity contribution in [2.75, 3.05) is 5.32 Å². The van der Waals surface area contributed by atoms with Crippen LogP contribution in [-0.2, 0) is 0 Å². The number of nitrogens with one attached hydrogen (secondary N) is 1. The predicted molar refractivity (Wildman–Crippen MR) is 59.4 cm³/mol. The molecular weight excluding hydrogens is 172 g/mol. The minimum atomic E-state index is 0.505. The van der Waals surface area contributed by atoms with Crippen LogP contribution in [-0.4, -0.2) is 11.0 Å². The number of hydrogen-bond acceptors (Lipinski definition) is 2. The standard InChI is InChI=1S/C12H18N2/c1-9-5-4-6-11(13-9)14-10(2)12(3)7-8-12/h4-6,10H,7-8H2,1-3H3,(H,13,14). The molecule has 0 spiro atoms. The van der Waals surface area contributed by atoms with E-state index in [1.807, 2.05) is 25.1 Å². The van der Waals surface area contributed by atoms with E-state index in [9.17, 15) is 0 Å². The summed E-state index contributed by atoms with van der Waals surface area (Å²) in [4.78, 5) is 4.44. The molecule has 2 nitrogen and oxygen atoms in total. The Bertz CT molecular complexity index is 329. The van der Waals surface area contributed by atoms with Gasteiger partial charge in [-0.3, -0.25) is 0 Å². The minimum Gasteiger partial charge on any atom is -0.367 e. The molecular formula is C12H18N2. The van der Waals surface area contributed by atoms with Crippen LogP contribution in [0.5, 0.6) is 0 Å². The van der Waals surface area contributed by atoms with Crippen molar-refractivity contribution in [3.8, 4) is 0 Å². The monoisotopic (exact) mass is 190 g/mol. The van der Waals surface area contributed by atoms with E-state index in [4.69, 9.17) is 0 Å². The molecule has 1 fully saturated rings. The first kappa shape index (κ1) is 9.50. The van der Waals surface area contributed by atoms with Gasteiger partial charge in [-0.05, 0) is 44.2 Å². The SMILES string of the molecule is Cc1cccc(NC(C)C2(C)CC2)n1. The Morgan fingerprint density at radius 3 is 2.71 bits per heavy atom. The third-order valence-electron chi connectivity index (χ3n) is 3.34. The first-order valence-corrected chi connectivity index (χ1v) is 5.30. The second-order valence-electron chi connectivity index (χ2n) is 4.68. The van der Waals surface area contributed by atoms with Crippen molar-refractivity contribution in [1.82, 2.24) is 4.98 Å². The van der Waals surface area contributed by atoms with Crippen molar-refractivity contribution in [2.45, 2.75) is 39.7 Å². The lowest BCUT2D eigenvalue weighted by Gasteiger charge is -2.20. The number of anilines is 1. The third kappa shape index (κ3) is 1.89. The molecule has 76 valence electrons. The van der Waals surface area contributed by atoms with E-state index in [2.05, 4.69) is 24.1 Å². The molecule has 0 aromatic carbocycles. The summed E-state index contributed by atoms with van der Waals surface area (Å²) >= 11 is 0. The highest BCUT2D eigenvalue weighted by Crippen LogP contribution is 2.48. The van der Waals surface area contributed by atoms with Crippen molar-refractivity contribution in [3.63, 3.8) is 0 Å². The second-order valence-corrected chi connectivity index (χ2v) is 4.68. The average molecular weight is 190 g/mol. The quantitative estimate of drug-likeness (QED) is 0.792. The lowest BCUT2D eigenvalue weighted by molar-refractivity contribution is 0.492. The van der Waals surface area contributed by atoms with Gasteiger partial charge in [-0.25, -0.2) is 4.98 Å². The fraction of sp³-hybridized carbons (Fsp3) is 0.583. The largest absolute Gasteiger partial charge is 0.367 e. The van der Waals surface area contributed by atoms with Gasteiger partial charge in [0.2, 0.25) is 0 Å². The number of aryl methyl sites for hydroxylation is 1. The van der Waals surface area contributed by atoms with E-state index in [1.165, 1.54) is 12.8 Å². The number of rotatable bonds is 3. The van der Waals surface area contributed by atoms with Gasteiger partial charge >= 0.3 is 0 Å². The van der Waals surface area contributed by atoms with Crippen LogP contribution in [0.3, 0.4) is 0 Å². The zero-order valence-corrected chi connectivity index (χ0v) is 9.17. The fourth-order valence-corrected chi connectivity index (χ4v) is 1.65. The van der Waals surface area contributed by atoms with Crippen LogP contribution in [0.2, 0.25) is 0 Å². The Labute approximate surface area is 85.7 Å². The molecule has 1 aliphatic carbocycles. The van der Waals surface area contributed by atoms with E-state index in [1.54, 1.807) is 0 Å². The third-order valence-corrected chi connectivity index (χ3v) is 3.34. The minimum absolute atomic E-state index is 0.505. The summed E-state index contributed by atoms with van der Waals surface area (Å²) in [5, 5.41) is 3.47.